The molecule has 1 aromatic carbocycles. The first-order valence-corrected chi connectivity index (χ1v) is 9.50. The third-order valence-electron chi connectivity index (χ3n) is 5.46. The number of aryl methyl sites for hydroxylation is 2. The maximum atomic E-state index is 10.0. The number of anilines is 1. The quantitative estimate of drug-likeness (QED) is 0.664. The van der Waals surface area contributed by atoms with Crippen LogP contribution in [-0.2, 0) is 19.4 Å². The van der Waals surface area contributed by atoms with Gasteiger partial charge in [0.05, 0.1) is 16.5 Å². The first-order chi connectivity index (χ1) is 12.3. The van der Waals surface area contributed by atoms with Crippen molar-refractivity contribution in [2.75, 3.05) is 5.73 Å². The van der Waals surface area contributed by atoms with Gasteiger partial charge in [0, 0.05) is 23.3 Å². The van der Waals surface area contributed by atoms with Crippen molar-refractivity contribution in [3.63, 3.8) is 0 Å². The van der Waals surface area contributed by atoms with Crippen LogP contribution < -0.4 is 5.73 Å². The van der Waals surface area contributed by atoms with Crippen molar-refractivity contribution in [1.29, 1.82) is 0 Å². The number of rotatable bonds is 4. The normalized spacial score (nSPS) is 14.9. The molecule has 0 bridgehead atoms. The van der Waals surface area contributed by atoms with Crippen LogP contribution in [0.4, 0.5) is 5.69 Å². The molecule has 4 rings (SSSR count). The molecule has 0 spiro atoms. The van der Waals surface area contributed by atoms with Crippen LogP contribution >= 0.6 is 0 Å². The molecule has 0 fully saturated rings. The lowest BCUT2D eigenvalue weighted by atomic mass is 9.93. The molecule has 1 aliphatic rings. The van der Waals surface area contributed by atoms with E-state index < -0.39 is 5.60 Å². The minimum atomic E-state index is -0.678. The Morgan fingerprint density at radius 2 is 2.00 bits per heavy atom. The van der Waals surface area contributed by atoms with E-state index in [2.05, 4.69) is 4.57 Å². The lowest BCUT2D eigenvalue weighted by molar-refractivity contribution is 0.0677. The molecule has 5 heteroatoms. The standard InChI is InChI=1S/C21H27N3O2/c1-21(2,26)10-5-11-24-17-9-8-13(25)12-15(17)18-19(22)14-6-3-4-7-16(14)23-20(18)24/h8-9,12,25-26H,3-7,10-11H2,1-2H3,(H2,22,23). The van der Waals surface area contributed by atoms with Gasteiger partial charge in [-0.15, -0.1) is 0 Å². The summed E-state index contributed by atoms with van der Waals surface area (Å²) in [6, 6.07) is 5.44. The van der Waals surface area contributed by atoms with Gasteiger partial charge in [-0.05, 0) is 76.1 Å². The van der Waals surface area contributed by atoms with Crippen molar-refractivity contribution in [2.45, 2.75) is 64.5 Å². The van der Waals surface area contributed by atoms with Crippen LogP contribution in [0.2, 0.25) is 0 Å². The third-order valence-corrected chi connectivity index (χ3v) is 5.46. The number of phenolic OH excluding ortho intramolecular Hbond substituents is 1. The first kappa shape index (κ1) is 17.2. The topological polar surface area (TPSA) is 84.3 Å². The summed E-state index contributed by atoms with van der Waals surface area (Å²) >= 11 is 0. The van der Waals surface area contributed by atoms with Crippen molar-refractivity contribution >= 4 is 27.6 Å². The summed E-state index contributed by atoms with van der Waals surface area (Å²) < 4.78 is 2.20. The van der Waals surface area contributed by atoms with Crippen molar-refractivity contribution in [3.8, 4) is 5.75 Å². The van der Waals surface area contributed by atoms with Crippen molar-refractivity contribution in [1.82, 2.24) is 9.55 Å². The number of benzene rings is 1. The Balaban J connectivity index is 1.92. The fourth-order valence-corrected chi connectivity index (χ4v) is 4.19. The number of aromatic nitrogens is 2. The van der Waals surface area contributed by atoms with Crippen LogP contribution in [-0.4, -0.2) is 25.4 Å². The molecule has 0 saturated heterocycles. The molecule has 26 heavy (non-hydrogen) atoms. The van der Waals surface area contributed by atoms with Gasteiger partial charge in [-0.2, -0.15) is 0 Å². The molecule has 0 radical (unpaired) electrons. The highest BCUT2D eigenvalue weighted by Gasteiger charge is 2.22. The number of nitrogen functional groups attached to an aromatic ring is 1. The van der Waals surface area contributed by atoms with Crippen LogP contribution in [0.15, 0.2) is 18.2 Å². The average molecular weight is 353 g/mol. The maximum Gasteiger partial charge on any atom is 0.143 e. The molecule has 0 saturated carbocycles. The molecule has 0 amide bonds. The molecular formula is C21H27N3O2. The number of hydrogen-bond acceptors (Lipinski definition) is 4. The van der Waals surface area contributed by atoms with Gasteiger partial charge in [0.2, 0.25) is 0 Å². The number of hydrogen-bond donors (Lipinski definition) is 3. The van der Waals surface area contributed by atoms with Crippen LogP contribution in [0.1, 0.15) is 50.8 Å². The highest BCUT2D eigenvalue weighted by molar-refractivity contribution is 6.13. The summed E-state index contributed by atoms with van der Waals surface area (Å²) in [5.41, 5.74) is 11.0. The fourth-order valence-electron chi connectivity index (χ4n) is 4.19. The second-order valence-corrected chi connectivity index (χ2v) is 8.13. The smallest absolute Gasteiger partial charge is 0.143 e. The molecule has 4 N–H and O–H groups in total. The van der Waals surface area contributed by atoms with E-state index in [1.54, 1.807) is 12.1 Å². The Bertz CT molecular complexity index is 983. The predicted molar refractivity (Wildman–Crippen MR) is 105 cm³/mol. The molecule has 1 aliphatic carbocycles. The molecule has 2 aromatic heterocycles. The third kappa shape index (κ3) is 2.90. The molecule has 138 valence electrons. The SMILES string of the molecule is CC(C)(O)CCCn1c2ccc(O)cc2c2c(N)c3c(nc21)CCCC3. The largest absolute Gasteiger partial charge is 0.508 e. The monoisotopic (exact) mass is 353 g/mol. The van der Waals surface area contributed by atoms with Crippen molar-refractivity contribution in [3.05, 3.63) is 29.5 Å². The summed E-state index contributed by atoms with van der Waals surface area (Å²) in [5, 5.41) is 22.0. The molecular weight excluding hydrogens is 326 g/mol. The zero-order valence-corrected chi connectivity index (χ0v) is 15.5. The van der Waals surface area contributed by atoms with Crippen LogP contribution in [0.5, 0.6) is 5.75 Å². The number of aromatic hydroxyl groups is 1. The Morgan fingerprint density at radius 1 is 1.23 bits per heavy atom. The number of aliphatic hydroxyl groups is 1. The number of phenols is 1. The minimum absolute atomic E-state index is 0.241. The second-order valence-electron chi connectivity index (χ2n) is 8.13. The number of nitrogens with zero attached hydrogens (tertiary/aromatic N) is 2. The van der Waals surface area contributed by atoms with Crippen molar-refractivity contribution in [2.24, 2.45) is 0 Å². The van der Waals surface area contributed by atoms with Crippen LogP contribution in [0.3, 0.4) is 0 Å². The average Bonchev–Trinajstić information content (AvgIpc) is 2.87. The molecule has 0 aliphatic heterocycles. The molecule has 2 heterocycles. The van der Waals surface area contributed by atoms with Gasteiger partial charge in [0.15, 0.2) is 0 Å². The van der Waals surface area contributed by atoms with E-state index >= 15 is 0 Å². The maximum absolute atomic E-state index is 10.0. The van der Waals surface area contributed by atoms with Gasteiger partial charge in [-0.25, -0.2) is 4.98 Å². The summed E-state index contributed by atoms with van der Waals surface area (Å²) in [7, 11) is 0. The lowest BCUT2D eigenvalue weighted by Crippen LogP contribution is -2.19. The summed E-state index contributed by atoms with van der Waals surface area (Å²) in [4.78, 5) is 5.00. The minimum Gasteiger partial charge on any atom is -0.508 e. The van der Waals surface area contributed by atoms with E-state index in [0.717, 1.165) is 72.0 Å². The predicted octanol–water partition coefficient (Wildman–Crippen LogP) is 3.91. The highest BCUT2D eigenvalue weighted by Crippen LogP contribution is 2.38. The zero-order chi connectivity index (χ0) is 18.5. The van der Waals surface area contributed by atoms with E-state index in [1.165, 1.54) is 5.56 Å². The Labute approximate surface area is 153 Å². The van der Waals surface area contributed by atoms with E-state index in [1.807, 2.05) is 19.9 Å². The van der Waals surface area contributed by atoms with E-state index in [4.69, 9.17) is 10.7 Å². The van der Waals surface area contributed by atoms with Gasteiger partial charge in [0.25, 0.3) is 0 Å². The Morgan fingerprint density at radius 3 is 2.77 bits per heavy atom. The summed E-state index contributed by atoms with van der Waals surface area (Å²) in [6.45, 7) is 4.44. The van der Waals surface area contributed by atoms with E-state index in [9.17, 15) is 10.2 Å². The zero-order valence-electron chi connectivity index (χ0n) is 15.5. The van der Waals surface area contributed by atoms with Gasteiger partial charge in [-0.1, -0.05) is 0 Å². The molecule has 5 nitrogen and oxygen atoms in total. The number of nitrogens with two attached hydrogens (primary N) is 1. The lowest BCUT2D eigenvalue weighted by Gasteiger charge is -2.19. The Kier molecular flexibility index (Phi) is 4.07. The number of pyridine rings is 1. The highest BCUT2D eigenvalue weighted by atomic mass is 16.3. The molecule has 3 aromatic rings. The van der Waals surface area contributed by atoms with Crippen LogP contribution in [0.25, 0.3) is 21.9 Å². The van der Waals surface area contributed by atoms with Gasteiger partial charge in [0.1, 0.15) is 11.4 Å². The Hall–Kier alpha value is -2.27. The van der Waals surface area contributed by atoms with E-state index in [-0.39, 0.29) is 5.75 Å². The summed E-state index contributed by atoms with van der Waals surface area (Å²) in [6.07, 6.45) is 5.83. The van der Waals surface area contributed by atoms with Gasteiger partial charge < -0.3 is 20.5 Å². The van der Waals surface area contributed by atoms with Gasteiger partial charge in [-0.3, -0.25) is 0 Å². The van der Waals surface area contributed by atoms with E-state index in [0.29, 0.717) is 6.42 Å². The first-order valence-electron chi connectivity index (χ1n) is 9.50. The summed E-state index contributed by atoms with van der Waals surface area (Å²) in [5.74, 6) is 0.241. The molecule has 0 atom stereocenters. The second kappa shape index (κ2) is 6.16. The number of fused-ring (bicyclic) bond motifs is 4. The van der Waals surface area contributed by atoms with Crippen LogP contribution in [0, 0.1) is 0 Å². The van der Waals surface area contributed by atoms with Crippen molar-refractivity contribution < 1.29 is 10.2 Å². The van der Waals surface area contributed by atoms with Gasteiger partial charge >= 0.3 is 0 Å². The molecule has 0 unspecified atom stereocenters. The fraction of sp³-hybridized carbons (Fsp3) is 0.476.